The molecule has 0 atom stereocenters. The molecular formula is C17H17N3O3S2. The van der Waals surface area contributed by atoms with Crippen molar-refractivity contribution in [1.82, 2.24) is 15.2 Å². The summed E-state index contributed by atoms with van der Waals surface area (Å²) in [5, 5.41) is 8.63. The van der Waals surface area contributed by atoms with E-state index in [2.05, 4.69) is 29.0 Å². The Labute approximate surface area is 153 Å². The smallest absolute Gasteiger partial charge is 0.341 e. The number of hydrogen-bond donors (Lipinski definition) is 0. The first kappa shape index (κ1) is 17.6. The van der Waals surface area contributed by atoms with E-state index in [9.17, 15) is 4.79 Å². The number of pyridine rings is 1. The normalized spacial score (nSPS) is 10.8. The summed E-state index contributed by atoms with van der Waals surface area (Å²) in [6, 6.07) is 5.42. The molecule has 6 nitrogen and oxygen atoms in total. The predicted octanol–water partition coefficient (Wildman–Crippen LogP) is 4.14. The SMILES string of the molecule is CCc1sc(-c2nnc(COC(=O)c3cccnc3SC)o2)cc1C. The molecule has 0 bridgehead atoms. The summed E-state index contributed by atoms with van der Waals surface area (Å²) in [6.07, 6.45) is 4.47. The van der Waals surface area contributed by atoms with Crippen LogP contribution in [-0.2, 0) is 17.8 Å². The van der Waals surface area contributed by atoms with E-state index in [1.54, 1.807) is 29.7 Å². The molecule has 0 saturated heterocycles. The zero-order chi connectivity index (χ0) is 17.8. The van der Waals surface area contributed by atoms with E-state index >= 15 is 0 Å². The molecule has 0 aromatic carbocycles. The Morgan fingerprint density at radius 1 is 1.40 bits per heavy atom. The summed E-state index contributed by atoms with van der Waals surface area (Å²) in [5.41, 5.74) is 1.64. The molecule has 3 heterocycles. The van der Waals surface area contributed by atoms with Gasteiger partial charge in [0.05, 0.1) is 10.4 Å². The molecule has 0 saturated carbocycles. The van der Waals surface area contributed by atoms with Crippen molar-refractivity contribution in [3.63, 3.8) is 0 Å². The molecule has 0 amide bonds. The van der Waals surface area contributed by atoms with Crippen LogP contribution in [0.2, 0.25) is 0 Å². The number of aromatic nitrogens is 3. The van der Waals surface area contributed by atoms with E-state index in [1.807, 2.05) is 12.3 Å². The van der Waals surface area contributed by atoms with Crippen molar-refractivity contribution in [1.29, 1.82) is 0 Å². The summed E-state index contributed by atoms with van der Waals surface area (Å²) in [4.78, 5) is 18.6. The lowest BCUT2D eigenvalue weighted by Gasteiger charge is -2.05. The van der Waals surface area contributed by atoms with Crippen LogP contribution < -0.4 is 0 Å². The number of ether oxygens (including phenoxy) is 1. The molecule has 0 aliphatic rings. The van der Waals surface area contributed by atoms with E-state index in [0.29, 0.717) is 16.5 Å². The number of esters is 1. The van der Waals surface area contributed by atoms with Gasteiger partial charge in [-0.3, -0.25) is 0 Å². The molecule has 25 heavy (non-hydrogen) atoms. The fourth-order valence-electron chi connectivity index (χ4n) is 2.30. The zero-order valence-electron chi connectivity index (χ0n) is 14.1. The third-order valence-corrected chi connectivity index (χ3v) is 5.61. The highest BCUT2D eigenvalue weighted by atomic mass is 32.2. The highest BCUT2D eigenvalue weighted by Gasteiger charge is 2.17. The number of carbonyl (C=O) groups is 1. The fourth-order valence-corrected chi connectivity index (χ4v) is 3.87. The number of carbonyl (C=O) groups excluding carboxylic acids is 1. The molecule has 0 aliphatic carbocycles. The second-order valence-corrected chi connectivity index (χ2v) is 7.14. The molecule has 0 unspecified atom stereocenters. The molecule has 0 aliphatic heterocycles. The molecule has 0 fully saturated rings. The van der Waals surface area contributed by atoms with Crippen molar-refractivity contribution >= 4 is 29.1 Å². The van der Waals surface area contributed by atoms with Crippen LogP contribution in [0.1, 0.15) is 33.6 Å². The number of rotatable bonds is 6. The fraction of sp³-hybridized carbons (Fsp3) is 0.294. The number of thioether (sulfide) groups is 1. The molecule has 0 spiro atoms. The first-order valence-electron chi connectivity index (χ1n) is 7.70. The van der Waals surface area contributed by atoms with Gasteiger partial charge in [-0.05, 0) is 43.4 Å². The Morgan fingerprint density at radius 3 is 2.96 bits per heavy atom. The minimum absolute atomic E-state index is 0.0699. The highest BCUT2D eigenvalue weighted by Crippen LogP contribution is 2.30. The van der Waals surface area contributed by atoms with E-state index in [4.69, 9.17) is 9.15 Å². The second-order valence-electron chi connectivity index (χ2n) is 5.21. The van der Waals surface area contributed by atoms with Gasteiger partial charge in [0.2, 0.25) is 0 Å². The van der Waals surface area contributed by atoms with Crippen molar-refractivity contribution in [2.75, 3.05) is 6.26 Å². The van der Waals surface area contributed by atoms with Crippen LogP contribution in [0.5, 0.6) is 0 Å². The number of thiophene rings is 1. The maximum atomic E-state index is 12.2. The lowest BCUT2D eigenvalue weighted by atomic mass is 10.2. The Kier molecular flexibility index (Phi) is 5.50. The molecular weight excluding hydrogens is 358 g/mol. The Morgan fingerprint density at radius 2 is 2.24 bits per heavy atom. The average molecular weight is 375 g/mol. The molecule has 8 heteroatoms. The van der Waals surface area contributed by atoms with Gasteiger partial charge in [0.15, 0.2) is 6.61 Å². The maximum absolute atomic E-state index is 12.2. The van der Waals surface area contributed by atoms with Crippen LogP contribution >= 0.6 is 23.1 Å². The third kappa shape index (κ3) is 3.91. The van der Waals surface area contributed by atoms with Gasteiger partial charge >= 0.3 is 5.97 Å². The van der Waals surface area contributed by atoms with E-state index in [1.165, 1.54) is 22.2 Å². The standard InChI is InChI=1S/C17H17N3O3S2/c1-4-12-10(2)8-13(25-12)15-20-19-14(23-15)9-22-17(21)11-6-5-7-18-16(11)24-3/h5-8H,4,9H2,1-3H3. The first-order valence-corrected chi connectivity index (χ1v) is 9.74. The monoisotopic (exact) mass is 375 g/mol. The van der Waals surface area contributed by atoms with Gasteiger partial charge in [-0.2, -0.15) is 0 Å². The van der Waals surface area contributed by atoms with Crippen LogP contribution in [0.3, 0.4) is 0 Å². The molecule has 3 aromatic rings. The molecule has 0 N–H and O–H groups in total. The van der Waals surface area contributed by atoms with E-state index in [0.717, 1.165) is 11.3 Å². The number of hydrogen-bond acceptors (Lipinski definition) is 8. The number of nitrogens with zero attached hydrogens (tertiary/aromatic N) is 3. The van der Waals surface area contributed by atoms with Crippen molar-refractivity contribution in [3.8, 4) is 10.8 Å². The van der Waals surface area contributed by atoms with Crippen molar-refractivity contribution < 1.29 is 13.9 Å². The third-order valence-electron chi connectivity index (χ3n) is 3.53. The minimum atomic E-state index is -0.461. The van der Waals surface area contributed by atoms with Crippen molar-refractivity contribution in [3.05, 3.63) is 46.3 Å². The molecule has 3 rings (SSSR count). The van der Waals surface area contributed by atoms with Crippen LogP contribution in [0, 0.1) is 6.92 Å². The highest BCUT2D eigenvalue weighted by molar-refractivity contribution is 7.98. The Bertz CT molecular complexity index is 889. The molecule has 0 radical (unpaired) electrons. The first-order chi connectivity index (χ1) is 12.1. The van der Waals surface area contributed by atoms with Crippen LogP contribution in [0.15, 0.2) is 33.8 Å². The predicted molar refractivity (Wildman–Crippen MR) is 96.9 cm³/mol. The summed E-state index contributed by atoms with van der Waals surface area (Å²) in [7, 11) is 0. The van der Waals surface area contributed by atoms with Crippen molar-refractivity contribution in [2.24, 2.45) is 0 Å². The van der Waals surface area contributed by atoms with Gasteiger partial charge in [0, 0.05) is 11.1 Å². The van der Waals surface area contributed by atoms with Crippen LogP contribution in [0.25, 0.3) is 10.8 Å². The topological polar surface area (TPSA) is 78.1 Å². The molecule has 3 aromatic heterocycles. The summed E-state index contributed by atoms with van der Waals surface area (Å²) >= 11 is 3.03. The molecule has 130 valence electrons. The van der Waals surface area contributed by atoms with E-state index in [-0.39, 0.29) is 12.5 Å². The van der Waals surface area contributed by atoms with Gasteiger partial charge < -0.3 is 9.15 Å². The van der Waals surface area contributed by atoms with Crippen LogP contribution in [-0.4, -0.2) is 27.4 Å². The van der Waals surface area contributed by atoms with Gasteiger partial charge in [-0.25, -0.2) is 9.78 Å². The van der Waals surface area contributed by atoms with Crippen LogP contribution in [0.4, 0.5) is 0 Å². The van der Waals surface area contributed by atoms with E-state index < -0.39 is 5.97 Å². The quantitative estimate of drug-likeness (QED) is 0.473. The van der Waals surface area contributed by atoms with Gasteiger partial charge in [-0.15, -0.1) is 33.3 Å². The summed E-state index contributed by atoms with van der Waals surface area (Å²) in [6.45, 7) is 4.11. The maximum Gasteiger partial charge on any atom is 0.341 e. The van der Waals surface area contributed by atoms with Gasteiger partial charge in [0.25, 0.3) is 11.8 Å². The average Bonchev–Trinajstić information content (AvgIpc) is 3.25. The summed E-state index contributed by atoms with van der Waals surface area (Å²) < 4.78 is 10.9. The largest absolute Gasteiger partial charge is 0.452 e. The number of aryl methyl sites for hydroxylation is 2. The van der Waals surface area contributed by atoms with Gasteiger partial charge in [0.1, 0.15) is 5.03 Å². The Balaban J connectivity index is 1.68. The minimum Gasteiger partial charge on any atom is -0.452 e. The zero-order valence-corrected chi connectivity index (χ0v) is 15.7. The lowest BCUT2D eigenvalue weighted by Crippen LogP contribution is -2.07. The summed E-state index contributed by atoms with van der Waals surface area (Å²) in [5.74, 6) is 0.254. The van der Waals surface area contributed by atoms with Gasteiger partial charge in [-0.1, -0.05) is 6.92 Å². The van der Waals surface area contributed by atoms with Crippen molar-refractivity contribution in [2.45, 2.75) is 31.9 Å². The Hall–Kier alpha value is -2.19. The lowest BCUT2D eigenvalue weighted by molar-refractivity contribution is 0.0433. The second kappa shape index (κ2) is 7.79.